The number of aliphatic hydroxyl groups excluding tert-OH is 1. The summed E-state index contributed by atoms with van der Waals surface area (Å²) in [6, 6.07) is 0. The highest BCUT2D eigenvalue weighted by Gasteiger charge is 2.30. The third kappa shape index (κ3) is 5.21. The molecule has 0 heterocycles. The summed E-state index contributed by atoms with van der Waals surface area (Å²) in [7, 11) is 0. The summed E-state index contributed by atoms with van der Waals surface area (Å²) < 4.78 is 5.04. The fourth-order valence-corrected chi connectivity index (χ4v) is 2.82. The van der Waals surface area contributed by atoms with E-state index >= 15 is 0 Å². The van der Waals surface area contributed by atoms with E-state index in [2.05, 4.69) is 13.5 Å². The zero-order valence-corrected chi connectivity index (χ0v) is 11.4. The van der Waals surface area contributed by atoms with Crippen LogP contribution < -0.4 is 0 Å². The zero-order valence-electron chi connectivity index (χ0n) is 11.4. The first-order valence-corrected chi connectivity index (χ1v) is 7.12. The van der Waals surface area contributed by atoms with Gasteiger partial charge in [-0.2, -0.15) is 0 Å². The molecule has 3 nitrogen and oxygen atoms in total. The Morgan fingerprint density at radius 1 is 1.44 bits per heavy atom. The third-order valence-corrected chi connectivity index (χ3v) is 3.83. The van der Waals surface area contributed by atoms with Gasteiger partial charge < -0.3 is 9.84 Å². The number of aliphatic hydroxyl groups is 1. The molecule has 1 rings (SSSR count). The van der Waals surface area contributed by atoms with E-state index in [9.17, 15) is 9.90 Å². The van der Waals surface area contributed by atoms with Crippen LogP contribution in [0, 0.1) is 11.8 Å². The Bertz CT molecular complexity index is 260. The lowest BCUT2D eigenvalue weighted by molar-refractivity contribution is -0.144. The van der Waals surface area contributed by atoms with E-state index < -0.39 is 0 Å². The maximum Gasteiger partial charge on any atom is 0.306 e. The normalized spacial score (nSPS) is 27.8. The highest BCUT2D eigenvalue weighted by Crippen LogP contribution is 2.36. The van der Waals surface area contributed by atoms with Crippen molar-refractivity contribution in [3.8, 4) is 0 Å². The van der Waals surface area contributed by atoms with Gasteiger partial charge in [-0.25, -0.2) is 0 Å². The SMILES string of the molecule is C=CCOC(=O)CC1CC(O)CCC1CCCC. The molecule has 0 aromatic heterocycles. The van der Waals surface area contributed by atoms with Gasteiger partial charge in [0.25, 0.3) is 0 Å². The van der Waals surface area contributed by atoms with Crippen LogP contribution in [-0.4, -0.2) is 23.8 Å². The number of hydrogen-bond acceptors (Lipinski definition) is 3. The molecule has 1 fully saturated rings. The lowest BCUT2D eigenvalue weighted by atomic mass is 9.74. The molecule has 18 heavy (non-hydrogen) atoms. The minimum atomic E-state index is -0.236. The Balaban J connectivity index is 2.44. The quantitative estimate of drug-likeness (QED) is 0.561. The molecule has 1 aliphatic carbocycles. The van der Waals surface area contributed by atoms with Gasteiger partial charge >= 0.3 is 5.97 Å². The summed E-state index contributed by atoms with van der Waals surface area (Å²) in [4.78, 5) is 11.6. The molecule has 104 valence electrons. The summed E-state index contributed by atoms with van der Waals surface area (Å²) in [5.74, 6) is 0.706. The summed E-state index contributed by atoms with van der Waals surface area (Å²) in [5.41, 5.74) is 0. The van der Waals surface area contributed by atoms with E-state index in [-0.39, 0.29) is 24.6 Å². The number of carbonyl (C=O) groups is 1. The van der Waals surface area contributed by atoms with E-state index in [0.717, 1.165) is 19.3 Å². The minimum absolute atomic E-state index is 0.157. The number of carbonyl (C=O) groups excluding carboxylic acids is 1. The van der Waals surface area contributed by atoms with Crippen molar-refractivity contribution in [1.82, 2.24) is 0 Å². The van der Waals surface area contributed by atoms with Gasteiger partial charge in [0.1, 0.15) is 6.61 Å². The van der Waals surface area contributed by atoms with Crippen molar-refractivity contribution in [2.45, 2.75) is 58.0 Å². The van der Waals surface area contributed by atoms with Gasteiger partial charge in [-0.15, -0.1) is 0 Å². The molecular weight excluding hydrogens is 228 g/mol. The molecule has 0 radical (unpaired) electrons. The minimum Gasteiger partial charge on any atom is -0.461 e. The lowest BCUT2D eigenvalue weighted by Gasteiger charge is -2.33. The summed E-state index contributed by atoms with van der Waals surface area (Å²) in [6.07, 6.45) is 8.03. The maximum atomic E-state index is 11.6. The highest BCUT2D eigenvalue weighted by atomic mass is 16.5. The van der Waals surface area contributed by atoms with Crippen LogP contribution in [-0.2, 0) is 9.53 Å². The van der Waals surface area contributed by atoms with Gasteiger partial charge in [0.05, 0.1) is 6.10 Å². The molecule has 1 N–H and O–H groups in total. The largest absolute Gasteiger partial charge is 0.461 e. The predicted octanol–water partition coefficient (Wildman–Crippen LogP) is 3.07. The fourth-order valence-electron chi connectivity index (χ4n) is 2.82. The van der Waals surface area contributed by atoms with E-state index in [1.54, 1.807) is 6.08 Å². The average Bonchev–Trinajstić information content (AvgIpc) is 2.35. The van der Waals surface area contributed by atoms with Crippen LogP contribution >= 0.6 is 0 Å². The van der Waals surface area contributed by atoms with Gasteiger partial charge in [-0.05, 0) is 31.1 Å². The fraction of sp³-hybridized carbons (Fsp3) is 0.800. The smallest absolute Gasteiger partial charge is 0.306 e. The standard InChI is InChI=1S/C15H26O3/c1-3-5-6-12-7-8-14(16)10-13(12)11-15(17)18-9-4-2/h4,12-14,16H,2-3,5-11H2,1H3. The van der Waals surface area contributed by atoms with Crippen molar-refractivity contribution < 1.29 is 14.6 Å². The molecule has 3 atom stereocenters. The molecule has 0 aliphatic heterocycles. The topological polar surface area (TPSA) is 46.5 Å². The number of hydrogen-bond donors (Lipinski definition) is 1. The molecule has 0 spiro atoms. The van der Waals surface area contributed by atoms with Gasteiger partial charge in [-0.1, -0.05) is 38.8 Å². The molecule has 1 saturated carbocycles. The van der Waals surface area contributed by atoms with Crippen LogP contribution in [0.3, 0.4) is 0 Å². The molecule has 0 aromatic rings. The molecule has 3 heteroatoms. The molecule has 3 unspecified atom stereocenters. The number of rotatable bonds is 7. The second-order valence-corrected chi connectivity index (χ2v) is 5.31. The number of esters is 1. The summed E-state index contributed by atoms with van der Waals surface area (Å²) in [6.45, 7) is 6.00. The van der Waals surface area contributed by atoms with Crippen molar-refractivity contribution >= 4 is 5.97 Å². The second kappa shape index (κ2) is 8.30. The van der Waals surface area contributed by atoms with E-state index in [1.807, 2.05) is 0 Å². The predicted molar refractivity (Wildman–Crippen MR) is 72.1 cm³/mol. The molecule has 0 bridgehead atoms. The Hall–Kier alpha value is -0.830. The van der Waals surface area contributed by atoms with Crippen molar-refractivity contribution in [1.29, 1.82) is 0 Å². The van der Waals surface area contributed by atoms with Gasteiger partial charge in [0.2, 0.25) is 0 Å². The first-order chi connectivity index (χ1) is 8.67. The summed E-state index contributed by atoms with van der Waals surface area (Å²) in [5, 5.41) is 9.74. The van der Waals surface area contributed by atoms with Gasteiger partial charge in [0.15, 0.2) is 0 Å². The maximum absolute atomic E-state index is 11.6. The molecule has 0 amide bonds. The van der Waals surface area contributed by atoms with Gasteiger partial charge in [0, 0.05) is 6.42 Å². The van der Waals surface area contributed by atoms with E-state index in [0.29, 0.717) is 12.3 Å². The Kier molecular flexibility index (Phi) is 7.02. The van der Waals surface area contributed by atoms with Crippen LogP contribution in [0.2, 0.25) is 0 Å². The van der Waals surface area contributed by atoms with Crippen molar-refractivity contribution in [3.05, 3.63) is 12.7 Å². The Morgan fingerprint density at radius 3 is 2.89 bits per heavy atom. The van der Waals surface area contributed by atoms with Crippen molar-refractivity contribution in [3.63, 3.8) is 0 Å². The first-order valence-electron chi connectivity index (χ1n) is 7.12. The number of unbranched alkanes of at least 4 members (excludes halogenated alkanes) is 1. The van der Waals surface area contributed by atoms with Crippen LogP contribution in [0.1, 0.15) is 51.9 Å². The molecular formula is C15H26O3. The van der Waals surface area contributed by atoms with Crippen molar-refractivity contribution in [2.24, 2.45) is 11.8 Å². The van der Waals surface area contributed by atoms with Crippen molar-refractivity contribution in [2.75, 3.05) is 6.61 Å². The molecule has 0 saturated heterocycles. The monoisotopic (exact) mass is 254 g/mol. The van der Waals surface area contributed by atoms with Crippen LogP contribution in [0.5, 0.6) is 0 Å². The van der Waals surface area contributed by atoms with Crippen LogP contribution in [0.25, 0.3) is 0 Å². The van der Waals surface area contributed by atoms with E-state index in [4.69, 9.17) is 4.74 Å². The Labute approximate surface area is 110 Å². The second-order valence-electron chi connectivity index (χ2n) is 5.31. The third-order valence-electron chi connectivity index (χ3n) is 3.83. The molecule has 1 aliphatic rings. The highest BCUT2D eigenvalue weighted by molar-refractivity contribution is 5.69. The lowest BCUT2D eigenvalue weighted by Crippen LogP contribution is -2.30. The summed E-state index contributed by atoms with van der Waals surface area (Å²) >= 11 is 0. The Morgan fingerprint density at radius 2 is 2.22 bits per heavy atom. The van der Waals surface area contributed by atoms with Crippen LogP contribution in [0.15, 0.2) is 12.7 Å². The number of ether oxygens (including phenoxy) is 1. The average molecular weight is 254 g/mol. The van der Waals surface area contributed by atoms with E-state index in [1.165, 1.54) is 19.3 Å². The molecule has 0 aromatic carbocycles. The van der Waals surface area contributed by atoms with Crippen LogP contribution in [0.4, 0.5) is 0 Å². The zero-order chi connectivity index (χ0) is 13.4. The first kappa shape index (κ1) is 15.2. The van der Waals surface area contributed by atoms with Gasteiger partial charge in [-0.3, -0.25) is 4.79 Å².